The van der Waals surface area contributed by atoms with Gasteiger partial charge in [-0.05, 0) is 75.9 Å². The van der Waals surface area contributed by atoms with E-state index in [0.29, 0.717) is 10.8 Å². The molecule has 1 N–H and O–H groups in total. The fourth-order valence-electron chi connectivity index (χ4n) is 4.46. The predicted octanol–water partition coefficient (Wildman–Crippen LogP) is 4.06. The van der Waals surface area contributed by atoms with Gasteiger partial charge in [0.25, 0.3) is 0 Å². The molecule has 2 heteroatoms. The molecule has 0 aromatic heterocycles. The number of nitrogens with zero attached hydrogens (tertiary/aromatic N) is 1. The second-order valence-electron chi connectivity index (χ2n) is 8.31. The van der Waals surface area contributed by atoms with Gasteiger partial charge in [-0.3, -0.25) is 0 Å². The molecule has 2 fully saturated rings. The maximum atomic E-state index is 3.54. The fourth-order valence-corrected chi connectivity index (χ4v) is 4.46. The summed E-state index contributed by atoms with van der Waals surface area (Å²) < 4.78 is 0. The Balaban J connectivity index is 1.89. The van der Waals surface area contributed by atoms with Crippen molar-refractivity contribution in [3.63, 3.8) is 0 Å². The van der Waals surface area contributed by atoms with Gasteiger partial charge in [-0.2, -0.15) is 0 Å². The van der Waals surface area contributed by atoms with Gasteiger partial charge in [-0.1, -0.05) is 27.2 Å². The molecular formula is C18H36N2. The van der Waals surface area contributed by atoms with Gasteiger partial charge in [0.15, 0.2) is 0 Å². The first-order valence-corrected chi connectivity index (χ1v) is 8.87. The van der Waals surface area contributed by atoms with Crippen molar-refractivity contribution < 1.29 is 0 Å². The molecule has 0 amide bonds. The molecule has 0 unspecified atom stereocenters. The zero-order valence-corrected chi connectivity index (χ0v) is 14.3. The standard InChI is InChI=1S/C18H36N2/c1-5-8-18(11-13-19-14-12-18)15-20(4)16-6-9-17(2,3)10-7-16/h16,19H,5-15H2,1-4H3. The lowest BCUT2D eigenvalue weighted by Gasteiger charge is -2.45. The smallest absolute Gasteiger partial charge is 0.00928 e. The van der Waals surface area contributed by atoms with Crippen LogP contribution in [0.5, 0.6) is 0 Å². The first kappa shape index (κ1) is 16.3. The third kappa shape index (κ3) is 4.21. The summed E-state index contributed by atoms with van der Waals surface area (Å²) in [6.07, 6.45) is 11.1. The lowest BCUT2D eigenvalue weighted by molar-refractivity contribution is 0.0605. The van der Waals surface area contributed by atoms with Crippen LogP contribution in [-0.4, -0.2) is 37.6 Å². The highest BCUT2D eigenvalue weighted by atomic mass is 15.1. The molecule has 0 bridgehead atoms. The van der Waals surface area contributed by atoms with E-state index in [4.69, 9.17) is 0 Å². The van der Waals surface area contributed by atoms with Gasteiger partial charge in [-0.15, -0.1) is 0 Å². The molecule has 1 aliphatic heterocycles. The van der Waals surface area contributed by atoms with E-state index in [2.05, 4.69) is 38.0 Å². The molecule has 0 aromatic rings. The van der Waals surface area contributed by atoms with E-state index in [9.17, 15) is 0 Å². The summed E-state index contributed by atoms with van der Waals surface area (Å²) in [5.41, 5.74) is 1.19. The minimum absolute atomic E-state index is 0.590. The number of rotatable bonds is 5. The Morgan fingerprint density at radius 3 is 2.20 bits per heavy atom. The van der Waals surface area contributed by atoms with E-state index in [1.807, 2.05) is 0 Å². The van der Waals surface area contributed by atoms with Crippen molar-refractivity contribution in [3.8, 4) is 0 Å². The van der Waals surface area contributed by atoms with Crippen molar-refractivity contribution in [2.45, 2.75) is 78.2 Å². The fraction of sp³-hybridized carbons (Fsp3) is 1.00. The van der Waals surface area contributed by atoms with Crippen LogP contribution in [0.2, 0.25) is 0 Å². The van der Waals surface area contributed by atoms with Crippen LogP contribution < -0.4 is 5.32 Å². The van der Waals surface area contributed by atoms with Crippen LogP contribution in [-0.2, 0) is 0 Å². The monoisotopic (exact) mass is 280 g/mol. The zero-order valence-electron chi connectivity index (χ0n) is 14.3. The van der Waals surface area contributed by atoms with Gasteiger partial charge >= 0.3 is 0 Å². The highest BCUT2D eigenvalue weighted by Gasteiger charge is 2.35. The van der Waals surface area contributed by atoms with Crippen molar-refractivity contribution in [1.82, 2.24) is 10.2 Å². The van der Waals surface area contributed by atoms with Crippen LogP contribution in [0.1, 0.15) is 72.1 Å². The van der Waals surface area contributed by atoms with Crippen LogP contribution >= 0.6 is 0 Å². The predicted molar refractivity (Wildman–Crippen MR) is 88.1 cm³/mol. The van der Waals surface area contributed by atoms with Crippen LogP contribution in [0.15, 0.2) is 0 Å². The van der Waals surface area contributed by atoms with Crippen LogP contribution in [0, 0.1) is 10.8 Å². The largest absolute Gasteiger partial charge is 0.317 e. The first-order chi connectivity index (χ1) is 9.46. The Bertz CT molecular complexity index is 276. The maximum absolute atomic E-state index is 3.54. The highest BCUT2D eigenvalue weighted by molar-refractivity contribution is 4.90. The van der Waals surface area contributed by atoms with E-state index >= 15 is 0 Å². The van der Waals surface area contributed by atoms with Gasteiger partial charge in [0.2, 0.25) is 0 Å². The zero-order chi connectivity index (χ0) is 14.6. The normalized spacial score (nSPS) is 26.9. The average Bonchev–Trinajstić information content (AvgIpc) is 2.39. The molecule has 118 valence electrons. The quantitative estimate of drug-likeness (QED) is 0.817. The number of hydrogen-bond donors (Lipinski definition) is 1. The van der Waals surface area contributed by atoms with Crippen LogP contribution in [0.4, 0.5) is 0 Å². The summed E-state index contributed by atoms with van der Waals surface area (Å²) in [5.74, 6) is 0. The van der Waals surface area contributed by atoms with E-state index in [1.54, 1.807) is 0 Å². The summed E-state index contributed by atoms with van der Waals surface area (Å²) in [7, 11) is 2.39. The number of nitrogens with one attached hydrogen (secondary N) is 1. The molecule has 0 radical (unpaired) electrons. The van der Waals surface area contributed by atoms with Crippen molar-refractivity contribution in [2.24, 2.45) is 10.8 Å². The van der Waals surface area contributed by atoms with Crippen molar-refractivity contribution in [3.05, 3.63) is 0 Å². The molecule has 0 aromatic carbocycles. The Morgan fingerprint density at radius 1 is 1.05 bits per heavy atom. The average molecular weight is 280 g/mol. The van der Waals surface area contributed by atoms with Gasteiger partial charge in [-0.25, -0.2) is 0 Å². The Labute approximate surface area is 126 Å². The SMILES string of the molecule is CCCC1(CN(C)C2CCC(C)(C)CC2)CCNCC1. The molecule has 1 saturated heterocycles. The minimum atomic E-state index is 0.590. The molecular weight excluding hydrogens is 244 g/mol. The van der Waals surface area contributed by atoms with Gasteiger partial charge in [0, 0.05) is 12.6 Å². The summed E-state index contributed by atoms with van der Waals surface area (Å²) in [5, 5.41) is 3.54. The van der Waals surface area contributed by atoms with Gasteiger partial charge in [0.1, 0.15) is 0 Å². The Hall–Kier alpha value is -0.0800. The van der Waals surface area contributed by atoms with Crippen LogP contribution in [0.25, 0.3) is 0 Å². The summed E-state index contributed by atoms with van der Waals surface area (Å²) in [6.45, 7) is 11.0. The van der Waals surface area contributed by atoms with Crippen molar-refractivity contribution in [2.75, 3.05) is 26.7 Å². The number of piperidine rings is 1. The summed E-state index contributed by atoms with van der Waals surface area (Å²) >= 11 is 0. The molecule has 1 aliphatic carbocycles. The van der Waals surface area contributed by atoms with Crippen molar-refractivity contribution in [1.29, 1.82) is 0 Å². The molecule has 1 saturated carbocycles. The lowest BCUT2D eigenvalue weighted by Crippen LogP contribution is -2.47. The maximum Gasteiger partial charge on any atom is 0.00928 e. The third-order valence-corrected chi connectivity index (χ3v) is 5.96. The molecule has 20 heavy (non-hydrogen) atoms. The van der Waals surface area contributed by atoms with E-state index in [-0.39, 0.29) is 0 Å². The Morgan fingerprint density at radius 2 is 1.65 bits per heavy atom. The second-order valence-corrected chi connectivity index (χ2v) is 8.31. The van der Waals surface area contributed by atoms with Crippen molar-refractivity contribution >= 4 is 0 Å². The molecule has 1 heterocycles. The molecule has 0 spiro atoms. The number of hydrogen-bond acceptors (Lipinski definition) is 2. The summed E-state index contributed by atoms with van der Waals surface area (Å²) in [4.78, 5) is 2.72. The molecule has 2 rings (SSSR count). The van der Waals surface area contributed by atoms with E-state index < -0.39 is 0 Å². The second kappa shape index (κ2) is 6.79. The van der Waals surface area contributed by atoms with E-state index in [0.717, 1.165) is 6.04 Å². The first-order valence-electron chi connectivity index (χ1n) is 8.87. The molecule has 0 atom stereocenters. The minimum Gasteiger partial charge on any atom is -0.317 e. The lowest BCUT2D eigenvalue weighted by atomic mass is 9.73. The summed E-state index contributed by atoms with van der Waals surface area (Å²) in [6, 6.07) is 0.839. The van der Waals surface area contributed by atoms with Gasteiger partial charge in [0.05, 0.1) is 0 Å². The topological polar surface area (TPSA) is 15.3 Å². The van der Waals surface area contributed by atoms with Gasteiger partial charge < -0.3 is 10.2 Å². The third-order valence-electron chi connectivity index (χ3n) is 5.96. The van der Waals surface area contributed by atoms with E-state index in [1.165, 1.54) is 71.0 Å². The van der Waals surface area contributed by atoms with Crippen LogP contribution in [0.3, 0.4) is 0 Å². The highest BCUT2D eigenvalue weighted by Crippen LogP contribution is 2.39. The molecule has 2 nitrogen and oxygen atoms in total. The Kier molecular flexibility index (Phi) is 5.53. The molecule has 2 aliphatic rings.